The number of carbonyl (C=O) groups excluding carboxylic acids is 1. The largest absolute Gasteiger partial charge is 0.298 e. The van der Waals surface area contributed by atoms with E-state index in [2.05, 4.69) is 4.72 Å². The highest BCUT2D eigenvalue weighted by Gasteiger charge is 2.29. The molecule has 0 aromatic carbocycles. The lowest BCUT2D eigenvalue weighted by molar-refractivity contribution is -0.120. The highest BCUT2D eigenvalue weighted by molar-refractivity contribution is 7.87. The molecular weight excluding hydrogens is 240 g/mol. The van der Waals surface area contributed by atoms with Crippen LogP contribution in [0.1, 0.15) is 40.0 Å². The van der Waals surface area contributed by atoms with Crippen molar-refractivity contribution in [1.29, 1.82) is 0 Å². The van der Waals surface area contributed by atoms with Crippen LogP contribution in [0.4, 0.5) is 0 Å². The maximum absolute atomic E-state index is 12.0. The van der Waals surface area contributed by atoms with Gasteiger partial charge in [0.1, 0.15) is 5.78 Å². The van der Waals surface area contributed by atoms with Crippen LogP contribution in [0.15, 0.2) is 0 Å². The van der Waals surface area contributed by atoms with E-state index in [4.69, 9.17) is 0 Å². The van der Waals surface area contributed by atoms with Gasteiger partial charge in [-0.2, -0.15) is 17.4 Å². The first-order chi connectivity index (χ1) is 7.86. The summed E-state index contributed by atoms with van der Waals surface area (Å²) >= 11 is 0. The fourth-order valence-electron chi connectivity index (χ4n) is 2.03. The summed E-state index contributed by atoms with van der Waals surface area (Å²) in [6.45, 7) is 6.46. The van der Waals surface area contributed by atoms with Crippen molar-refractivity contribution in [2.24, 2.45) is 5.92 Å². The number of hydrogen-bond donors (Lipinski definition) is 1. The van der Waals surface area contributed by atoms with Crippen molar-refractivity contribution in [2.45, 2.75) is 46.1 Å². The Kier molecular flexibility index (Phi) is 5.09. The molecule has 0 amide bonds. The van der Waals surface area contributed by atoms with Crippen LogP contribution in [0.5, 0.6) is 0 Å². The molecule has 100 valence electrons. The number of nitrogens with one attached hydrogen (secondary N) is 1. The SMILES string of the molecule is CCC(=O)C(C)NS(=O)(=O)N1CCCC(C)C1. The van der Waals surface area contributed by atoms with E-state index in [1.54, 1.807) is 13.8 Å². The molecule has 0 aromatic heterocycles. The fraction of sp³-hybridized carbons (Fsp3) is 0.909. The van der Waals surface area contributed by atoms with Gasteiger partial charge in [-0.15, -0.1) is 0 Å². The van der Waals surface area contributed by atoms with Crippen LogP contribution in [0.2, 0.25) is 0 Å². The van der Waals surface area contributed by atoms with Crippen LogP contribution < -0.4 is 4.72 Å². The molecule has 0 radical (unpaired) electrons. The van der Waals surface area contributed by atoms with Gasteiger partial charge in [0, 0.05) is 19.5 Å². The zero-order valence-corrected chi connectivity index (χ0v) is 11.6. The number of Topliss-reactive ketones (excluding diaryl/α,β-unsaturated/α-hetero) is 1. The molecule has 1 heterocycles. The van der Waals surface area contributed by atoms with Crippen LogP contribution in [-0.4, -0.2) is 37.6 Å². The van der Waals surface area contributed by atoms with E-state index in [9.17, 15) is 13.2 Å². The molecule has 0 aliphatic carbocycles. The standard InChI is InChI=1S/C11H22N2O3S/c1-4-11(14)10(3)12-17(15,16)13-7-5-6-9(2)8-13/h9-10,12H,4-8H2,1-3H3. The van der Waals surface area contributed by atoms with Crippen molar-refractivity contribution in [1.82, 2.24) is 9.03 Å². The molecule has 17 heavy (non-hydrogen) atoms. The summed E-state index contributed by atoms with van der Waals surface area (Å²) in [6.07, 6.45) is 2.30. The molecular formula is C11H22N2O3S. The van der Waals surface area contributed by atoms with Crippen LogP contribution in [0, 0.1) is 5.92 Å². The van der Waals surface area contributed by atoms with Crippen LogP contribution in [-0.2, 0) is 15.0 Å². The number of rotatable bonds is 5. The molecule has 0 spiro atoms. The Morgan fingerprint density at radius 1 is 1.53 bits per heavy atom. The average molecular weight is 262 g/mol. The number of hydrogen-bond acceptors (Lipinski definition) is 3. The van der Waals surface area contributed by atoms with Crippen molar-refractivity contribution in [3.05, 3.63) is 0 Å². The lowest BCUT2D eigenvalue weighted by atomic mass is 10.0. The van der Waals surface area contributed by atoms with Crippen molar-refractivity contribution in [3.8, 4) is 0 Å². The Labute approximate surface area is 104 Å². The second-order valence-electron chi connectivity index (χ2n) is 4.77. The molecule has 1 aliphatic rings. The molecule has 2 unspecified atom stereocenters. The number of ketones is 1. The van der Waals surface area contributed by atoms with Crippen LogP contribution in [0.3, 0.4) is 0 Å². The average Bonchev–Trinajstić information content (AvgIpc) is 2.27. The highest BCUT2D eigenvalue weighted by atomic mass is 32.2. The van der Waals surface area contributed by atoms with Gasteiger partial charge in [-0.05, 0) is 25.7 Å². The second-order valence-corrected chi connectivity index (χ2v) is 6.47. The zero-order valence-electron chi connectivity index (χ0n) is 10.8. The smallest absolute Gasteiger partial charge is 0.280 e. The Bertz CT molecular complexity index is 367. The Morgan fingerprint density at radius 3 is 2.71 bits per heavy atom. The molecule has 1 aliphatic heterocycles. The summed E-state index contributed by atoms with van der Waals surface area (Å²) in [4.78, 5) is 11.4. The summed E-state index contributed by atoms with van der Waals surface area (Å²) in [5.41, 5.74) is 0. The monoisotopic (exact) mass is 262 g/mol. The minimum Gasteiger partial charge on any atom is -0.298 e. The molecule has 1 rings (SSSR count). The van der Waals surface area contributed by atoms with E-state index in [0.717, 1.165) is 12.8 Å². The van der Waals surface area contributed by atoms with Gasteiger partial charge in [0.2, 0.25) is 0 Å². The molecule has 0 aromatic rings. The van der Waals surface area contributed by atoms with E-state index in [1.165, 1.54) is 4.31 Å². The van der Waals surface area contributed by atoms with E-state index >= 15 is 0 Å². The Balaban J connectivity index is 2.64. The van der Waals surface area contributed by atoms with Gasteiger partial charge >= 0.3 is 0 Å². The fourth-order valence-corrected chi connectivity index (χ4v) is 3.58. The van der Waals surface area contributed by atoms with E-state index in [1.807, 2.05) is 6.92 Å². The van der Waals surface area contributed by atoms with E-state index in [-0.39, 0.29) is 5.78 Å². The topological polar surface area (TPSA) is 66.5 Å². The third-order valence-corrected chi connectivity index (χ3v) is 4.78. The maximum Gasteiger partial charge on any atom is 0.280 e. The van der Waals surface area contributed by atoms with Crippen molar-refractivity contribution in [2.75, 3.05) is 13.1 Å². The quantitative estimate of drug-likeness (QED) is 0.801. The van der Waals surface area contributed by atoms with E-state index in [0.29, 0.717) is 25.4 Å². The number of carbonyl (C=O) groups is 1. The van der Waals surface area contributed by atoms with E-state index < -0.39 is 16.3 Å². The molecule has 1 fully saturated rings. The summed E-state index contributed by atoms with van der Waals surface area (Å²) in [7, 11) is -3.51. The van der Waals surface area contributed by atoms with Gasteiger partial charge in [-0.3, -0.25) is 4.79 Å². The molecule has 0 saturated carbocycles. The lowest BCUT2D eigenvalue weighted by Crippen LogP contribution is -2.49. The number of piperidine rings is 1. The maximum atomic E-state index is 12.0. The Morgan fingerprint density at radius 2 is 2.18 bits per heavy atom. The van der Waals surface area contributed by atoms with Crippen LogP contribution in [0.25, 0.3) is 0 Å². The predicted octanol–water partition coefficient (Wildman–Crippen LogP) is 0.920. The normalized spacial score (nSPS) is 24.5. The summed E-state index contributed by atoms with van der Waals surface area (Å²) in [5.74, 6) is 0.302. The molecule has 6 heteroatoms. The second kappa shape index (κ2) is 5.93. The van der Waals surface area contributed by atoms with Gasteiger partial charge < -0.3 is 0 Å². The summed E-state index contributed by atoms with van der Waals surface area (Å²) in [5, 5.41) is 0. The third kappa shape index (κ3) is 4.04. The predicted molar refractivity (Wildman–Crippen MR) is 66.8 cm³/mol. The van der Waals surface area contributed by atoms with Crippen molar-refractivity contribution >= 4 is 16.0 Å². The first-order valence-corrected chi connectivity index (χ1v) is 7.61. The molecule has 2 atom stereocenters. The van der Waals surface area contributed by atoms with Gasteiger partial charge in [0.15, 0.2) is 0 Å². The summed E-state index contributed by atoms with van der Waals surface area (Å²) in [6, 6.07) is -0.637. The lowest BCUT2D eigenvalue weighted by Gasteiger charge is -2.30. The first kappa shape index (κ1) is 14.6. The molecule has 5 nitrogen and oxygen atoms in total. The van der Waals surface area contributed by atoms with Crippen molar-refractivity contribution < 1.29 is 13.2 Å². The third-order valence-electron chi connectivity index (χ3n) is 3.12. The first-order valence-electron chi connectivity index (χ1n) is 6.17. The van der Waals surface area contributed by atoms with Gasteiger partial charge in [-0.1, -0.05) is 13.8 Å². The molecule has 1 N–H and O–H groups in total. The summed E-state index contributed by atoms with van der Waals surface area (Å²) < 4.78 is 27.9. The van der Waals surface area contributed by atoms with Crippen LogP contribution >= 0.6 is 0 Å². The molecule has 1 saturated heterocycles. The van der Waals surface area contributed by atoms with Crippen molar-refractivity contribution in [3.63, 3.8) is 0 Å². The Hall–Kier alpha value is -0.460. The van der Waals surface area contributed by atoms with Gasteiger partial charge in [0.05, 0.1) is 6.04 Å². The molecule has 0 bridgehead atoms. The number of nitrogens with zero attached hydrogens (tertiary/aromatic N) is 1. The minimum atomic E-state index is -3.51. The zero-order chi connectivity index (χ0) is 13.1. The van der Waals surface area contributed by atoms with Gasteiger partial charge in [-0.25, -0.2) is 0 Å². The minimum absolute atomic E-state index is 0.0846. The van der Waals surface area contributed by atoms with Gasteiger partial charge in [0.25, 0.3) is 10.2 Å². The highest BCUT2D eigenvalue weighted by Crippen LogP contribution is 2.17.